The second-order valence-corrected chi connectivity index (χ2v) is 9.28. The fourth-order valence-corrected chi connectivity index (χ4v) is 5.26. The van der Waals surface area contributed by atoms with Crippen molar-refractivity contribution in [3.63, 3.8) is 0 Å². The maximum Gasteiger partial charge on any atom is 0.123 e. The van der Waals surface area contributed by atoms with Gasteiger partial charge in [0.2, 0.25) is 0 Å². The summed E-state index contributed by atoms with van der Waals surface area (Å²) in [6, 6.07) is 8.26. The number of hydrogen-bond acceptors (Lipinski definition) is 5. The van der Waals surface area contributed by atoms with Crippen LogP contribution in [0.1, 0.15) is 38.7 Å². The van der Waals surface area contributed by atoms with Crippen molar-refractivity contribution >= 4 is 0 Å². The fourth-order valence-electron chi connectivity index (χ4n) is 5.26. The summed E-state index contributed by atoms with van der Waals surface area (Å²) in [5.74, 6) is -0.238. The van der Waals surface area contributed by atoms with Crippen molar-refractivity contribution in [1.29, 1.82) is 0 Å². The number of hydrogen-bond donors (Lipinski definition) is 2. The van der Waals surface area contributed by atoms with E-state index in [0.29, 0.717) is 18.1 Å². The van der Waals surface area contributed by atoms with Crippen LogP contribution in [-0.4, -0.2) is 87.5 Å². The van der Waals surface area contributed by atoms with Crippen molar-refractivity contribution in [1.82, 2.24) is 24.9 Å². The van der Waals surface area contributed by atoms with Crippen LogP contribution < -0.4 is 0 Å². The summed E-state index contributed by atoms with van der Waals surface area (Å²) in [7, 11) is 0. The molecule has 0 aliphatic carbocycles. The van der Waals surface area contributed by atoms with E-state index in [1.54, 1.807) is 12.1 Å². The van der Waals surface area contributed by atoms with E-state index in [0.717, 1.165) is 49.4 Å². The number of halogens is 1. The van der Waals surface area contributed by atoms with Gasteiger partial charge in [-0.3, -0.25) is 14.9 Å². The van der Waals surface area contributed by atoms with Crippen molar-refractivity contribution < 1.29 is 9.50 Å². The lowest BCUT2D eigenvalue weighted by Crippen LogP contribution is -2.58. The zero-order valence-electron chi connectivity index (χ0n) is 18.8. The lowest BCUT2D eigenvalue weighted by molar-refractivity contribution is 0.00000985. The molecule has 4 rings (SSSR count). The van der Waals surface area contributed by atoms with Crippen LogP contribution in [0.5, 0.6) is 0 Å². The molecular weight excluding hydrogens is 393 g/mol. The predicted octanol–water partition coefficient (Wildman–Crippen LogP) is 2.96. The Kier molecular flexibility index (Phi) is 7.38. The third-order valence-corrected chi connectivity index (χ3v) is 7.00. The highest BCUT2D eigenvalue weighted by molar-refractivity contribution is 5.62. The molecule has 0 saturated carbocycles. The van der Waals surface area contributed by atoms with Gasteiger partial charge in [0.05, 0.1) is 11.9 Å². The monoisotopic (exact) mass is 429 g/mol. The van der Waals surface area contributed by atoms with Gasteiger partial charge in [0.1, 0.15) is 5.82 Å². The van der Waals surface area contributed by atoms with E-state index < -0.39 is 0 Å². The van der Waals surface area contributed by atoms with E-state index in [9.17, 15) is 9.50 Å². The quantitative estimate of drug-likeness (QED) is 0.709. The second kappa shape index (κ2) is 10.2. The number of rotatable bonds is 7. The van der Waals surface area contributed by atoms with Crippen LogP contribution in [0, 0.1) is 5.82 Å². The summed E-state index contributed by atoms with van der Waals surface area (Å²) in [5, 5.41) is 17.0. The average molecular weight is 430 g/mol. The minimum atomic E-state index is -0.238. The molecule has 31 heavy (non-hydrogen) atoms. The van der Waals surface area contributed by atoms with Crippen LogP contribution in [0.2, 0.25) is 0 Å². The van der Waals surface area contributed by atoms with Crippen molar-refractivity contribution in [3.8, 4) is 11.3 Å². The zero-order valence-corrected chi connectivity index (χ0v) is 18.8. The molecule has 170 valence electrons. The second-order valence-electron chi connectivity index (χ2n) is 9.28. The Bertz CT molecular complexity index is 833. The van der Waals surface area contributed by atoms with E-state index >= 15 is 0 Å². The Hall–Kier alpha value is -1.80. The molecule has 1 atom stereocenters. The molecule has 2 aromatic rings. The summed E-state index contributed by atoms with van der Waals surface area (Å²) >= 11 is 0. The first kappa shape index (κ1) is 22.4. The predicted molar refractivity (Wildman–Crippen MR) is 121 cm³/mol. The van der Waals surface area contributed by atoms with Gasteiger partial charge in [0.15, 0.2) is 0 Å². The molecule has 2 aliphatic rings. The smallest absolute Gasteiger partial charge is 0.123 e. The molecule has 6 nitrogen and oxygen atoms in total. The number of aromatic amines is 1. The summed E-state index contributed by atoms with van der Waals surface area (Å²) in [5.41, 5.74) is 2.81. The van der Waals surface area contributed by atoms with Gasteiger partial charge in [-0.25, -0.2) is 4.39 Å². The maximum absolute atomic E-state index is 13.7. The molecule has 2 fully saturated rings. The number of aromatic nitrogens is 2. The SMILES string of the molecule is CC(C)N1CCC(N2CCN(Cc3cn[nH]c3-c3cccc(F)c3)CC2CCO)CC1. The summed E-state index contributed by atoms with van der Waals surface area (Å²) in [4.78, 5) is 7.68. The van der Waals surface area contributed by atoms with Gasteiger partial charge in [0.25, 0.3) is 0 Å². The van der Waals surface area contributed by atoms with Gasteiger partial charge in [-0.1, -0.05) is 12.1 Å². The van der Waals surface area contributed by atoms with E-state index in [4.69, 9.17) is 0 Å². The molecule has 0 bridgehead atoms. The van der Waals surface area contributed by atoms with Gasteiger partial charge in [0, 0.05) is 62.0 Å². The Morgan fingerprint density at radius 1 is 1.19 bits per heavy atom. The number of aliphatic hydroxyl groups is 1. The van der Waals surface area contributed by atoms with Crippen LogP contribution in [0.4, 0.5) is 4.39 Å². The third kappa shape index (κ3) is 5.34. The molecule has 0 spiro atoms. The standard InChI is InChI=1S/C24H36FN5O/c1-18(2)29-9-6-22(7-10-29)30-12-11-28(17-23(30)8-13-31)16-20-15-26-27-24(20)19-4-3-5-21(25)14-19/h3-5,14-15,18,22-23,31H,6-13,16-17H2,1-2H3,(H,26,27). The van der Waals surface area contributed by atoms with Crippen molar-refractivity contribution in [2.75, 3.05) is 39.3 Å². The van der Waals surface area contributed by atoms with Crippen molar-refractivity contribution in [2.45, 2.75) is 57.8 Å². The van der Waals surface area contributed by atoms with E-state index in [2.05, 4.69) is 38.7 Å². The number of benzene rings is 1. The third-order valence-electron chi connectivity index (χ3n) is 7.00. The molecule has 1 unspecified atom stereocenters. The van der Waals surface area contributed by atoms with Crippen LogP contribution in [0.25, 0.3) is 11.3 Å². The lowest BCUT2D eigenvalue weighted by atomic mass is 9.97. The first-order chi connectivity index (χ1) is 15.0. The number of likely N-dealkylation sites (tertiary alicyclic amines) is 1. The fraction of sp³-hybridized carbons (Fsp3) is 0.625. The van der Waals surface area contributed by atoms with Gasteiger partial charge < -0.3 is 10.0 Å². The van der Waals surface area contributed by atoms with E-state index in [1.807, 2.05) is 12.3 Å². The number of nitrogens with zero attached hydrogens (tertiary/aromatic N) is 4. The highest BCUT2D eigenvalue weighted by Gasteiger charge is 2.34. The van der Waals surface area contributed by atoms with Crippen LogP contribution in [0.15, 0.2) is 30.5 Å². The van der Waals surface area contributed by atoms with Crippen molar-refractivity contribution in [2.24, 2.45) is 0 Å². The van der Waals surface area contributed by atoms with Crippen LogP contribution in [0.3, 0.4) is 0 Å². The van der Waals surface area contributed by atoms with Crippen molar-refractivity contribution in [3.05, 3.63) is 41.8 Å². The number of piperidine rings is 1. The molecule has 1 aromatic carbocycles. The van der Waals surface area contributed by atoms with Crippen LogP contribution in [-0.2, 0) is 6.54 Å². The normalized spacial score (nSPS) is 22.4. The van der Waals surface area contributed by atoms with Crippen LogP contribution >= 0.6 is 0 Å². The number of H-pyrrole nitrogens is 1. The molecule has 2 aliphatic heterocycles. The Morgan fingerprint density at radius 3 is 2.71 bits per heavy atom. The van der Waals surface area contributed by atoms with Gasteiger partial charge in [-0.05, 0) is 58.3 Å². The highest BCUT2D eigenvalue weighted by atomic mass is 19.1. The van der Waals surface area contributed by atoms with Gasteiger partial charge in [-0.15, -0.1) is 0 Å². The van der Waals surface area contributed by atoms with Gasteiger partial charge >= 0.3 is 0 Å². The first-order valence-corrected chi connectivity index (χ1v) is 11.7. The molecule has 2 saturated heterocycles. The molecule has 3 heterocycles. The first-order valence-electron chi connectivity index (χ1n) is 11.7. The van der Waals surface area contributed by atoms with E-state index in [1.165, 1.54) is 32.0 Å². The zero-order chi connectivity index (χ0) is 21.8. The highest BCUT2D eigenvalue weighted by Crippen LogP contribution is 2.27. The molecule has 2 N–H and O–H groups in total. The minimum Gasteiger partial charge on any atom is -0.396 e. The summed E-state index contributed by atoms with van der Waals surface area (Å²) in [6.07, 6.45) is 5.09. The van der Waals surface area contributed by atoms with Gasteiger partial charge in [-0.2, -0.15) is 5.10 Å². The molecule has 1 aromatic heterocycles. The summed E-state index contributed by atoms with van der Waals surface area (Å²) in [6.45, 7) is 10.9. The molecular formula is C24H36FN5O. The molecule has 0 amide bonds. The number of aliphatic hydroxyl groups excluding tert-OH is 1. The average Bonchev–Trinajstić information content (AvgIpc) is 3.22. The molecule has 0 radical (unpaired) electrons. The minimum absolute atomic E-state index is 0.222. The Labute approximate surface area is 185 Å². The lowest BCUT2D eigenvalue weighted by Gasteiger charge is -2.48. The molecule has 7 heteroatoms. The Morgan fingerprint density at radius 2 is 2.00 bits per heavy atom. The van der Waals surface area contributed by atoms with E-state index in [-0.39, 0.29) is 12.4 Å². The topological polar surface area (TPSA) is 58.6 Å². The Balaban J connectivity index is 1.40. The maximum atomic E-state index is 13.7. The summed E-state index contributed by atoms with van der Waals surface area (Å²) < 4.78 is 13.7. The largest absolute Gasteiger partial charge is 0.396 e. The number of piperazine rings is 1. The number of nitrogens with one attached hydrogen (secondary N) is 1.